The molecule has 0 aliphatic carbocycles. The molecule has 0 aromatic rings. The highest BCUT2D eigenvalue weighted by molar-refractivity contribution is 5.69. The molecule has 0 heterocycles. The Morgan fingerprint density at radius 1 is 0.581 bits per heavy atom. The van der Waals surface area contributed by atoms with Crippen LogP contribution in [0.2, 0.25) is 0 Å². The Kier molecular flexibility index (Phi) is 26.2. The Balaban J connectivity index is 3.12. The van der Waals surface area contributed by atoms with E-state index in [0.717, 1.165) is 32.1 Å². The summed E-state index contributed by atoms with van der Waals surface area (Å²) < 4.78 is 5.36. The minimum Gasteiger partial charge on any atom is -0.466 e. The Bertz CT molecular complexity index is 396. The molecule has 2 nitrogen and oxygen atoms in total. The lowest BCUT2D eigenvalue weighted by molar-refractivity contribution is -0.143. The standard InChI is InChI=1S/C29H54O2/c1-3-5-7-9-11-13-14-15-16-17-18-19-20-22-24-26-28-31-29(30)27-25-23-21-12-10-8-6-4-2/h2H,3,5-28H2,1H3. The monoisotopic (exact) mass is 434 g/mol. The van der Waals surface area contributed by atoms with Crippen LogP contribution in [-0.2, 0) is 9.53 Å². The van der Waals surface area contributed by atoms with Crippen molar-refractivity contribution in [2.24, 2.45) is 0 Å². The van der Waals surface area contributed by atoms with Gasteiger partial charge in [0.2, 0.25) is 0 Å². The fraction of sp³-hybridized carbons (Fsp3) is 0.897. The van der Waals surface area contributed by atoms with E-state index in [0.29, 0.717) is 13.0 Å². The number of terminal acetylenes is 1. The number of rotatable bonds is 25. The van der Waals surface area contributed by atoms with Crippen LogP contribution in [0.3, 0.4) is 0 Å². The number of ether oxygens (including phenoxy) is 1. The largest absolute Gasteiger partial charge is 0.466 e. The quantitative estimate of drug-likeness (QED) is 0.0812. The molecule has 0 saturated carbocycles. The van der Waals surface area contributed by atoms with Gasteiger partial charge in [-0.25, -0.2) is 0 Å². The lowest BCUT2D eigenvalue weighted by atomic mass is 10.0. The van der Waals surface area contributed by atoms with Crippen molar-refractivity contribution in [2.75, 3.05) is 6.61 Å². The molecule has 182 valence electrons. The predicted octanol–water partition coefficient (Wildman–Crippen LogP) is 9.55. The zero-order valence-electron chi connectivity index (χ0n) is 21.1. The summed E-state index contributed by atoms with van der Waals surface area (Å²) in [6.07, 6.45) is 35.5. The van der Waals surface area contributed by atoms with Gasteiger partial charge in [0.15, 0.2) is 0 Å². The molecule has 0 spiro atoms. The van der Waals surface area contributed by atoms with Gasteiger partial charge in [0.25, 0.3) is 0 Å². The van der Waals surface area contributed by atoms with Gasteiger partial charge >= 0.3 is 5.97 Å². The fourth-order valence-corrected chi connectivity index (χ4v) is 4.11. The summed E-state index contributed by atoms with van der Waals surface area (Å²) in [5.74, 6) is 2.67. The van der Waals surface area contributed by atoms with Crippen molar-refractivity contribution in [3.63, 3.8) is 0 Å². The fourth-order valence-electron chi connectivity index (χ4n) is 4.11. The van der Waals surface area contributed by atoms with E-state index in [1.54, 1.807) is 0 Å². The average Bonchev–Trinajstić information content (AvgIpc) is 2.77. The van der Waals surface area contributed by atoms with Gasteiger partial charge in [-0.3, -0.25) is 4.79 Å². The van der Waals surface area contributed by atoms with Crippen molar-refractivity contribution in [3.05, 3.63) is 0 Å². The first-order chi connectivity index (χ1) is 15.3. The molecule has 0 bridgehead atoms. The number of carbonyl (C=O) groups is 1. The van der Waals surface area contributed by atoms with E-state index in [1.807, 2.05) is 0 Å². The molecule has 0 unspecified atom stereocenters. The van der Waals surface area contributed by atoms with Crippen LogP contribution in [0.15, 0.2) is 0 Å². The van der Waals surface area contributed by atoms with Crippen LogP contribution in [0.1, 0.15) is 161 Å². The second-order valence-corrected chi connectivity index (χ2v) is 9.35. The molecule has 0 fully saturated rings. The third-order valence-electron chi connectivity index (χ3n) is 6.21. The van der Waals surface area contributed by atoms with E-state index in [1.165, 1.54) is 116 Å². The normalized spacial score (nSPS) is 10.8. The molecule has 0 rings (SSSR count). The highest BCUT2D eigenvalue weighted by Gasteiger charge is 2.02. The van der Waals surface area contributed by atoms with Gasteiger partial charge in [-0.15, -0.1) is 12.3 Å². The predicted molar refractivity (Wildman–Crippen MR) is 136 cm³/mol. The summed E-state index contributed by atoms with van der Waals surface area (Å²) in [6, 6.07) is 0. The highest BCUT2D eigenvalue weighted by Crippen LogP contribution is 2.14. The number of hydrogen-bond donors (Lipinski definition) is 0. The van der Waals surface area contributed by atoms with Crippen molar-refractivity contribution in [1.29, 1.82) is 0 Å². The van der Waals surface area contributed by atoms with E-state index < -0.39 is 0 Å². The van der Waals surface area contributed by atoms with Crippen LogP contribution in [-0.4, -0.2) is 12.6 Å². The summed E-state index contributed by atoms with van der Waals surface area (Å²) >= 11 is 0. The van der Waals surface area contributed by atoms with Crippen molar-refractivity contribution in [1.82, 2.24) is 0 Å². The first kappa shape index (κ1) is 30.0. The molecule has 0 saturated heterocycles. The number of carbonyl (C=O) groups excluding carboxylic acids is 1. The van der Waals surface area contributed by atoms with Gasteiger partial charge in [0, 0.05) is 12.8 Å². The van der Waals surface area contributed by atoms with Crippen LogP contribution in [0.25, 0.3) is 0 Å². The smallest absolute Gasteiger partial charge is 0.305 e. The molecular weight excluding hydrogens is 380 g/mol. The molecule has 0 radical (unpaired) electrons. The van der Waals surface area contributed by atoms with Crippen LogP contribution in [0, 0.1) is 12.3 Å². The Morgan fingerprint density at radius 3 is 1.42 bits per heavy atom. The first-order valence-corrected chi connectivity index (χ1v) is 13.9. The zero-order chi connectivity index (χ0) is 22.7. The highest BCUT2D eigenvalue weighted by atomic mass is 16.5. The van der Waals surface area contributed by atoms with E-state index in [9.17, 15) is 4.79 Å². The van der Waals surface area contributed by atoms with Gasteiger partial charge in [0.05, 0.1) is 6.61 Å². The van der Waals surface area contributed by atoms with Gasteiger partial charge in [-0.2, -0.15) is 0 Å². The number of unbranched alkanes of at least 4 members (excludes halogenated alkanes) is 21. The van der Waals surface area contributed by atoms with Crippen LogP contribution < -0.4 is 0 Å². The van der Waals surface area contributed by atoms with Gasteiger partial charge in [-0.05, 0) is 19.3 Å². The molecule has 0 aliphatic rings. The molecule has 2 heteroatoms. The maximum atomic E-state index is 11.7. The molecule has 0 aromatic heterocycles. The maximum Gasteiger partial charge on any atom is 0.305 e. The van der Waals surface area contributed by atoms with Gasteiger partial charge < -0.3 is 4.74 Å². The zero-order valence-corrected chi connectivity index (χ0v) is 21.1. The van der Waals surface area contributed by atoms with Crippen molar-refractivity contribution >= 4 is 5.97 Å². The van der Waals surface area contributed by atoms with Gasteiger partial charge in [0.1, 0.15) is 0 Å². The van der Waals surface area contributed by atoms with E-state index in [4.69, 9.17) is 11.2 Å². The average molecular weight is 435 g/mol. The first-order valence-electron chi connectivity index (χ1n) is 13.9. The summed E-state index contributed by atoms with van der Waals surface area (Å²) in [5, 5.41) is 0. The van der Waals surface area contributed by atoms with Crippen LogP contribution in [0.5, 0.6) is 0 Å². The second kappa shape index (κ2) is 27.1. The Labute approximate surface area is 195 Å². The van der Waals surface area contributed by atoms with E-state index in [-0.39, 0.29) is 5.97 Å². The minimum absolute atomic E-state index is 0.00621. The lowest BCUT2D eigenvalue weighted by Gasteiger charge is -2.05. The lowest BCUT2D eigenvalue weighted by Crippen LogP contribution is -2.05. The van der Waals surface area contributed by atoms with Crippen LogP contribution in [0.4, 0.5) is 0 Å². The molecule has 0 atom stereocenters. The Morgan fingerprint density at radius 2 is 0.968 bits per heavy atom. The van der Waals surface area contributed by atoms with Crippen molar-refractivity contribution in [2.45, 2.75) is 161 Å². The molecule has 0 aliphatic heterocycles. The molecule has 0 N–H and O–H groups in total. The molecular formula is C29H54O2. The van der Waals surface area contributed by atoms with Crippen molar-refractivity contribution < 1.29 is 9.53 Å². The minimum atomic E-state index is -0.00621. The van der Waals surface area contributed by atoms with E-state index in [2.05, 4.69) is 12.8 Å². The van der Waals surface area contributed by atoms with Crippen molar-refractivity contribution in [3.8, 4) is 12.3 Å². The maximum absolute atomic E-state index is 11.7. The summed E-state index contributed by atoms with van der Waals surface area (Å²) in [4.78, 5) is 11.7. The topological polar surface area (TPSA) is 26.3 Å². The summed E-state index contributed by atoms with van der Waals surface area (Å²) in [5.41, 5.74) is 0. The molecule has 31 heavy (non-hydrogen) atoms. The summed E-state index contributed by atoms with van der Waals surface area (Å²) in [6.45, 7) is 2.90. The molecule has 0 aromatic carbocycles. The van der Waals surface area contributed by atoms with Crippen LogP contribution >= 0.6 is 0 Å². The van der Waals surface area contributed by atoms with Gasteiger partial charge in [-0.1, -0.05) is 129 Å². The second-order valence-electron chi connectivity index (χ2n) is 9.35. The Hall–Kier alpha value is -0.970. The van der Waals surface area contributed by atoms with E-state index >= 15 is 0 Å². The SMILES string of the molecule is C#CCCCCCCCCC(=O)OCCCCCCCCCCCCCCCCCC. The number of esters is 1. The number of hydrogen-bond acceptors (Lipinski definition) is 2. The third-order valence-corrected chi connectivity index (χ3v) is 6.21. The summed E-state index contributed by atoms with van der Waals surface area (Å²) in [7, 11) is 0. The molecule has 0 amide bonds. The third kappa shape index (κ3) is 27.0.